The molecule has 0 saturated carbocycles. The minimum absolute atomic E-state index is 0.0882. The molecule has 0 aromatic carbocycles. The summed E-state index contributed by atoms with van der Waals surface area (Å²) >= 11 is 0. The first kappa shape index (κ1) is 11.4. The Bertz CT molecular complexity index is 472. The van der Waals surface area contributed by atoms with Gasteiger partial charge in [0.25, 0.3) is 0 Å². The maximum absolute atomic E-state index is 4.13. The van der Waals surface area contributed by atoms with Crippen LogP contribution in [0.1, 0.15) is 20.8 Å². The molecule has 1 rings (SSSR count). The van der Waals surface area contributed by atoms with Gasteiger partial charge in [-0.25, -0.2) is 4.68 Å². The van der Waals surface area contributed by atoms with Crippen LogP contribution in [0.2, 0.25) is 0 Å². The van der Waals surface area contributed by atoms with E-state index in [-0.39, 0.29) is 5.54 Å². The SMILES string of the molecule is C=C/C=c1/nnn(C(C)(C)C)/c1=C/C=C. The molecule has 0 aliphatic heterocycles. The Kier molecular flexibility index (Phi) is 3.24. The molecule has 3 heteroatoms. The van der Waals surface area contributed by atoms with E-state index in [0.717, 1.165) is 10.7 Å². The molecule has 80 valence electrons. The molecule has 0 spiro atoms. The van der Waals surface area contributed by atoms with Crippen molar-refractivity contribution in [3.8, 4) is 0 Å². The number of aromatic nitrogens is 3. The Morgan fingerprint density at radius 2 is 1.73 bits per heavy atom. The molecule has 0 saturated heterocycles. The second-order valence-corrected chi connectivity index (χ2v) is 4.25. The number of nitrogens with zero attached hydrogens (tertiary/aromatic N) is 3. The van der Waals surface area contributed by atoms with E-state index in [1.54, 1.807) is 12.2 Å². The van der Waals surface area contributed by atoms with E-state index in [1.165, 1.54) is 0 Å². The van der Waals surface area contributed by atoms with Crippen LogP contribution in [0.4, 0.5) is 0 Å². The van der Waals surface area contributed by atoms with Crippen LogP contribution < -0.4 is 10.7 Å². The Labute approximate surface area is 90.1 Å². The highest BCUT2D eigenvalue weighted by atomic mass is 15.4. The van der Waals surface area contributed by atoms with E-state index in [4.69, 9.17) is 0 Å². The van der Waals surface area contributed by atoms with Crippen molar-refractivity contribution in [1.82, 2.24) is 15.0 Å². The zero-order valence-corrected chi connectivity index (χ0v) is 9.57. The zero-order valence-electron chi connectivity index (χ0n) is 9.57. The number of hydrogen-bond donors (Lipinski definition) is 0. The van der Waals surface area contributed by atoms with Crippen molar-refractivity contribution in [2.24, 2.45) is 0 Å². The average molecular weight is 203 g/mol. The molecule has 15 heavy (non-hydrogen) atoms. The lowest BCUT2D eigenvalue weighted by Crippen LogP contribution is -2.38. The summed E-state index contributed by atoms with van der Waals surface area (Å²) in [5.74, 6) is 0. The topological polar surface area (TPSA) is 30.7 Å². The van der Waals surface area contributed by atoms with Gasteiger partial charge in [0.05, 0.1) is 10.9 Å². The average Bonchev–Trinajstić information content (AvgIpc) is 2.49. The minimum Gasteiger partial charge on any atom is -0.239 e. The first-order valence-electron chi connectivity index (χ1n) is 4.88. The predicted octanol–water partition coefficient (Wildman–Crippen LogP) is 0.966. The number of allylic oxidation sites excluding steroid dienone is 2. The fourth-order valence-electron chi connectivity index (χ4n) is 1.29. The summed E-state index contributed by atoms with van der Waals surface area (Å²) in [6.45, 7) is 13.6. The molecule has 0 amide bonds. The summed E-state index contributed by atoms with van der Waals surface area (Å²) < 4.78 is 1.88. The third-order valence-electron chi connectivity index (χ3n) is 1.92. The van der Waals surface area contributed by atoms with Gasteiger partial charge in [0.1, 0.15) is 5.35 Å². The van der Waals surface area contributed by atoms with Gasteiger partial charge < -0.3 is 0 Å². The highest BCUT2D eigenvalue weighted by Gasteiger charge is 2.15. The summed E-state index contributed by atoms with van der Waals surface area (Å²) in [6.07, 6.45) is 7.18. The first-order chi connectivity index (χ1) is 7.00. The minimum atomic E-state index is -0.0882. The second kappa shape index (κ2) is 4.26. The molecule has 0 atom stereocenters. The molecular weight excluding hydrogens is 186 g/mol. The fourth-order valence-corrected chi connectivity index (χ4v) is 1.29. The van der Waals surface area contributed by atoms with Crippen LogP contribution in [0.25, 0.3) is 12.2 Å². The van der Waals surface area contributed by atoms with Gasteiger partial charge in [-0.15, -0.1) is 5.10 Å². The van der Waals surface area contributed by atoms with E-state index in [1.807, 2.05) is 16.8 Å². The second-order valence-electron chi connectivity index (χ2n) is 4.25. The van der Waals surface area contributed by atoms with Crippen LogP contribution >= 0.6 is 0 Å². The van der Waals surface area contributed by atoms with Crippen LogP contribution in [0.15, 0.2) is 25.3 Å². The summed E-state index contributed by atoms with van der Waals surface area (Å²) in [6, 6.07) is 0. The molecule has 0 bridgehead atoms. The van der Waals surface area contributed by atoms with Gasteiger partial charge in [-0.1, -0.05) is 30.5 Å². The Morgan fingerprint density at radius 3 is 2.20 bits per heavy atom. The van der Waals surface area contributed by atoms with Gasteiger partial charge >= 0.3 is 0 Å². The zero-order chi connectivity index (χ0) is 11.5. The van der Waals surface area contributed by atoms with Gasteiger partial charge in [-0.05, 0) is 32.9 Å². The molecule has 1 aromatic heterocycles. The summed E-state index contributed by atoms with van der Waals surface area (Å²) in [7, 11) is 0. The van der Waals surface area contributed by atoms with Crippen molar-refractivity contribution >= 4 is 12.2 Å². The third kappa shape index (κ3) is 2.43. The number of rotatable bonds is 2. The lowest BCUT2D eigenvalue weighted by atomic mass is 10.1. The molecule has 1 aromatic rings. The van der Waals surface area contributed by atoms with Gasteiger partial charge in [0.2, 0.25) is 0 Å². The molecule has 0 unspecified atom stereocenters. The lowest BCUT2D eigenvalue weighted by molar-refractivity contribution is 0.338. The van der Waals surface area contributed by atoms with Gasteiger partial charge in [-0.3, -0.25) is 0 Å². The third-order valence-corrected chi connectivity index (χ3v) is 1.92. The van der Waals surface area contributed by atoms with Crippen molar-refractivity contribution in [2.75, 3.05) is 0 Å². The predicted molar refractivity (Wildman–Crippen MR) is 63.6 cm³/mol. The molecule has 0 radical (unpaired) electrons. The van der Waals surface area contributed by atoms with Gasteiger partial charge in [-0.2, -0.15) is 0 Å². The maximum Gasteiger partial charge on any atom is 0.113 e. The standard InChI is InChI=1S/C12H17N3/c1-6-8-10-11(9-7-2)15(14-13-10)12(3,4)5/h6-9H,1-2H2,3-5H3/b10-8+,11-9+. The van der Waals surface area contributed by atoms with Crippen molar-refractivity contribution in [3.05, 3.63) is 36.0 Å². The normalized spacial score (nSPS) is 14.3. The van der Waals surface area contributed by atoms with Gasteiger partial charge in [0.15, 0.2) is 0 Å². The van der Waals surface area contributed by atoms with Crippen LogP contribution in [-0.2, 0) is 5.54 Å². The van der Waals surface area contributed by atoms with E-state index in [0.29, 0.717) is 0 Å². The van der Waals surface area contributed by atoms with Crippen molar-refractivity contribution in [1.29, 1.82) is 0 Å². The van der Waals surface area contributed by atoms with Crippen molar-refractivity contribution < 1.29 is 0 Å². The van der Waals surface area contributed by atoms with Crippen LogP contribution in [0.3, 0.4) is 0 Å². The fraction of sp³-hybridized carbons (Fsp3) is 0.333. The maximum atomic E-state index is 4.13. The Hall–Kier alpha value is -1.64. The smallest absolute Gasteiger partial charge is 0.113 e. The molecule has 0 aliphatic carbocycles. The molecular formula is C12H17N3. The van der Waals surface area contributed by atoms with Crippen LogP contribution in [-0.4, -0.2) is 15.0 Å². The van der Waals surface area contributed by atoms with E-state index >= 15 is 0 Å². The monoisotopic (exact) mass is 203 g/mol. The van der Waals surface area contributed by atoms with Crippen molar-refractivity contribution in [3.63, 3.8) is 0 Å². The Balaban J connectivity index is 3.59. The summed E-state index contributed by atoms with van der Waals surface area (Å²) in [5, 5.41) is 10.0. The summed E-state index contributed by atoms with van der Waals surface area (Å²) in [4.78, 5) is 0. The van der Waals surface area contributed by atoms with Gasteiger partial charge in [0, 0.05) is 0 Å². The lowest BCUT2D eigenvalue weighted by Gasteiger charge is -2.18. The highest BCUT2D eigenvalue weighted by molar-refractivity contribution is 5.38. The van der Waals surface area contributed by atoms with E-state index in [2.05, 4.69) is 44.2 Å². The molecule has 3 nitrogen and oxygen atoms in total. The molecule has 0 aliphatic rings. The molecule has 0 N–H and O–H groups in total. The quantitative estimate of drug-likeness (QED) is 0.717. The highest BCUT2D eigenvalue weighted by Crippen LogP contribution is 2.06. The number of hydrogen-bond acceptors (Lipinski definition) is 2. The van der Waals surface area contributed by atoms with E-state index < -0.39 is 0 Å². The molecule has 1 heterocycles. The van der Waals surface area contributed by atoms with Crippen molar-refractivity contribution in [2.45, 2.75) is 26.3 Å². The van der Waals surface area contributed by atoms with E-state index in [9.17, 15) is 0 Å². The first-order valence-corrected chi connectivity index (χ1v) is 4.88. The molecule has 0 fully saturated rings. The van der Waals surface area contributed by atoms with Crippen LogP contribution in [0.5, 0.6) is 0 Å². The largest absolute Gasteiger partial charge is 0.239 e. The van der Waals surface area contributed by atoms with Crippen LogP contribution in [0, 0.1) is 0 Å². The summed E-state index contributed by atoms with van der Waals surface area (Å²) in [5.41, 5.74) is -0.0882. The Morgan fingerprint density at radius 1 is 1.13 bits per heavy atom.